The van der Waals surface area contributed by atoms with E-state index in [0.29, 0.717) is 23.6 Å². The second-order valence-electron chi connectivity index (χ2n) is 6.88. The van der Waals surface area contributed by atoms with Gasteiger partial charge in [-0.05, 0) is 48.4 Å². The maximum atomic E-state index is 13.0. The summed E-state index contributed by atoms with van der Waals surface area (Å²) in [6.07, 6.45) is 0.997. The first-order valence-electron chi connectivity index (χ1n) is 9.50. The van der Waals surface area contributed by atoms with Crippen molar-refractivity contribution in [3.63, 3.8) is 0 Å². The van der Waals surface area contributed by atoms with Crippen molar-refractivity contribution in [1.29, 1.82) is 0 Å². The molecule has 1 aliphatic heterocycles. The highest BCUT2D eigenvalue weighted by molar-refractivity contribution is 7.92. The van der Waals surface area contributed by atoms with Crippen LogP contribution >= 0.6 is 11.6 Å². The Morgan fingerprint density at radius 3 is 2.71 bits per heavy atom. The third-order valence-electron chi connectivity index (χ3n) is 4.77. The monoisotopic (exact) mass is 460 g/mol. The maximum Gasteiger partial charge on any atom is 0.306 e. The molecule has 0 spiro atoms. The molecule has 7 nitrogen and oxygen atoms in total. The standard InChI is InChI=1S/C22H21ClN2O5S/c1-15(26)25-12-11-17-14-19(8-10-21(17)25)31(28,29)24-20-9-7-18(23)13-16(20)5-3-4-6-22(27)30-2/h7-10,13-14,24H,4,6,11-12H2,1-2H3. The van der Waals surface area contributed by atoms with E-state index >= 15 is 0 Å². The minimum absolute atomic E-state index is 0.0796. The molecule has 0 saturated heterocycles. The Hall–Kier alpha value is -3.02. The van der Waals surface area contributed by atoms with Crippen molar-refractivity contribution in [2.75, 3.05) is 23.3 Å². The molecule has 9 heteroatoms. The number of anilines is 2. The van der Waals surface area contributed by atoms with Crippen LogP contribution < -0.4 is 9.62 Å². The molecule has 0 fully saturated rings. The third kappa shape index (κ3) is 5.37. The molecule has 31 heavy (non-hydrogen) atoms. The number of fused-ring (bicyclic) bond motifs is 1. The normalized spacial score (nSPS) is 12.5. The van der Waals surface area contributed by atoms with Gasteiger partial charge < -0.3 is 9.64 Å². The Kier molecular flexibility index (Phi) is 6.88. The number of benzene rings is 2. The van der Waals surface area contributed by atoms with Crippen molar-refractivity contribution >= 4 is 44.9 Å². The summed E-state index contributed by atoms with van der Waals surface area (Å²) in [6, 6.07) is 9.35. The fourth-order valence-corrected chi connectivity index (χ4v) is 4.51. The minimum Gasteiger partial charge on any atom is -0.469 e. The molecule has 2 aromatic rings. The van der Waals surface area contributed by atoms with E-state index in [1.54, 1.807) is 29.2 Å². The lowest BCUT2D eigenvalue weighted by Crippen LogP contribution is -2.25. The number of amides is 1. The first-order chi connectivity index (χ1) is 14.7. The largest absolute Gasteiger partial charge is 0.469 e. The predicted molar refractivity (Wildman–Crippen MR) is 119 cm³/mol. The second-order valence-corrected chi connectivity index (χ2v) is 9.00. The zero-order valence-electron chi connectivity index (χ0n) is 17.1. The zero-order valence-corrected chi connectivity index (χ0v) is 18.6. The van der Waals surface area contributed by atoms with E-state index in [1.807, 2.05) is 0 Å². The SMILES string of the molecule is COC(=O)CCC#Cc1cc(Cl)ccc1NS(=O)(=O)c1ccc2c(c1)CCN2C(C)=O. The number of hydrogen-bond acceptors (Lipinski definition) is 5. The number of halogens is 1. The maximum absolute atomic E-state index is 13.0. The molecule has 162 valence electrons. The van der Waals surface area contributed by atoms with Gasteiger partial charge in [0.25, 0.3) is 10.0 Å². The van der Waals surface area contributed by atoms with Crippen molar-refractivity contribution in [2.45, 2.75) is 31.1 Å². The van der Waals surface area contributed by atoms with E-state index in [0.717, 1.165) is 11.3 Å². The lowest BCUT2D eigenvalue weighted by Gasteiger charge is -2.15. The van der Waals surface area contributed by atoms with Gasteiger partial charge in [-0.2, -0.15) is 0 Å². The summed E-state index contributed by atoms with van der Waals surface area (Å²) in [7, 11) is -2.59. The lowest BCUT2D eigenvalue weighted by atomic mass is 10.2. The molecule has 2 aromatic carbocycles. The second kappa shape index (κ2) is 9.41. The highest BCUT2D eigenvalue weighted by Gasteiger charge is 2.25. The number of carbonyl (C=O) groups is 2. The van der Waals surface area contributed by atoms with Gasteiger partial charge in [0.05, 0.1) is 29.7 Å². The zero-order chi connectivity index (χ0) is 22.6. The number of ether oxygens (including phenoxy) is 1. The van der Waals surface area contributed by atoms with E-state index in [-0.39, 0.29) is 35.3 Å². The van der Waals surface area contributed by atoms with Crippen LogP contribution in [0.15, 0.2) is 41.3 Å². The summed E-state index contributed by atoms with van der Waals surface area (Å²) in [5, 5.41) is 0.405. The number of nitrogens with zero attached hydrogens (tertiary/aromatic N) is 1. The number of hydrogen-bond donors (Lipinski definition) is 1. The first-order valence-corrected chi connectivity index (χ1v) is 11.4. The Balaban J connectivity index is 1.85. The summed E-state index contributed by atoms with van der Waals surface area (Å²) in [5.41, 5.74) is 2.21. The Morgan fingerprint density at radius 1 is 1.23 bits per heavy atom. The molecule has 0 bridgehead atoms. The van der Waals surface area contributed by atoms with E-state index < -0.39 is 10.0 Å². The van der Waals surface area contributed by atoms with Crippen molar-refractivity contribution < 1.29 is 22.7 Å². The molecule has 1 amide bonds. The molecule has 0 aromatic heterocycles. The summed E-state index contributed by atoms with van der Waals surface area (Å²) in [5.74, 6) is 5.23. The summed E-state index contributed by atoms with van der Waals surface area (Å²) in [4.78, 5) is 24.6. The molecule has 0 unspecified atom stereocenters. The first kappa shape index (κ1) is 22.7. The highest BCUT2D eigenvalue weighted by Crippen LogP contribution is 2.31. The van der Waals surface area contributed by atoms with Crippen LogP contribution in [0, 0.1) is 11.8 Å². The van der Waals surface area contributed by atoms with Crippen molar-refractivity contribution in [3.8, 4) is 11.8 Å². The van der Waals surface area contributed by atoms with Gasteiger partial charge in [-0.15, -0.1) is 0 Å². The smallest absolute Gasteiger partial charge is 0.306 e. The Labute approximate surface area is 186 Å². The van der Waals surface area contributed by atoms with Crippen LogP contribution in [-0.4, -0.2) is 33.9 Å². The van der Waals surface area contributed by atoms with Crippen molar-refractivity contribution in [1.82, 2.24) is 0 Å². The van der Waals surface area contributed by atoms with Crippen LogP contribution in [0.2, 0.25) is 5.02 Å². The molecule has 1 aliphatic rings. The Bertz CT molecular complexity index is 1200. The van der Waals surface area contributed by atoms with Gasteiger partial charge in [-0.3, -0.25) is 14.3 Å². The van der Waals surface area contributed by atoms with Crippen molar-refractivity contribution in [2.24, 2.45) is 0 Å². The molecule has 1 N–H and O–H groups in total. The minimum atomic E-state index is -3.89. The fraction of sp³-hybridized carbons (Fsp3) is 0.273. The Morgan fingerprint density at radius 2 is 2.00 bits per heavy atom. The number of nitrogens with one attached hydrogen (secondary N) is 1. The van der Waals surface area contributed by atoms with Crippen LogP contribution in [0.5, 0.6) is 0 Å². The van der Waals surface area contributed by atoms with Gasteiger partial charge in [-0.1, -0.05) is 23.4 Å². The quantitative estimate of drug-likeness (QED) is 0.545. The van der Waals surface area contributed by atoms with Crippen LogP contribution in [0.3, 0.4) is 0 Å². The van der Waals surface area contributed by atoms with Crippen LogP contribution in [-0.2, 0) is 30.8 Å². The van der Waals surface area contributed by atoms with E-state index in [9.17, 15) is 18.0 Å². The lowest BCUT2D eigenvalue weighted by molar-refractivity contribution is -0.140. The topological polar surface area (TPSA) is 92.8 Å². The summed E-state index contributed by atoms with van der Waals surface area (Å²) >= 11 is 6.04. The molecule has 0 radical (unpaired) electrons. The average molecular weight is 461 g/mol. The van der Waals surface area contributed by atoms with Gasteiger partial charge in [0.15, 0.2) is 0 Å². The van der Waals surface area contributed by atoms with Crippen LogP contribution in [0.25, 0.3) is 0 Å². The third-order valence-corrected chi connectivity index (χ3v) is 6.37. The van der Waals surface area contributed by atoms with E-state index in [4.69, 9.17) is 11.6 Å². The van der Waals surface area contributed by atoms with Gasteiger partial charge >= 0.3 is 5.97 Å². The van der Waals surface area contributed by atoms with Crippen LogP contribution in [0.4, 0.5) is 11.4 Å². The molecular weight excluding hydrogens is 440 g/mol. The number of sulfonamides is 1. The summed E-state index contributed by atoms with van der Waals surface area (Å²) < 4.78 is 33.1. The molecule has 0 saturated carbocycles. The number of carbonyl (C=O) groups excluding carboxylic acids is 2. The molecule has 0 atom stereocenters. The van der Waals surface area contributed by atoms with E-state index in [2.05, 4.69) is 21.3 Å². The molecule has 1 heterocycles. The number of rotatable bonds is 5. The van der Waals surface area contributed by atoms with Gasteiger partial charge in [-0.25, -0.2) is 8.42 Å². The number of esters is 1. The van der Waals surface area contributed by atoms with Crippen molar-refractivity contribution in [3.05, 3.63) is 52.5 Å². The van der Waals surface area contributed by atoms with Gasteiger partial charge in [0, 0.05) is 30.6 Å². The summed E-state index contributed by atoms with van der Waals surface area (Å²) in [6.45, 7) is 2.01. The van der Waals surface area contributed by atoms with Gasteiger partial charge in [0.1, 0.15) is 0 Å². The molecular formula is C22H21ClN2O5S. The van der Waals surface area contributed by atoms with Gasteiger partial charge in [0.2, 0.25) is 5.91 Å². The fourth-order valence-electron chi connectivity index (χ4n) is 3.21. The highest BCUT2D eigenvalue weighted by atomic mass is 35.5. The van der Waals surface area contributed by atoms with Crippen LogP contribution in [0.1, 0.15) is 30.9 Å². The van der Waals surface area contributed by atoms with E-state index in [1.165, 1.54) is 26.2 Å². The average Bonchev–Trinajstić information content (AvgIpc) is 3.16. The molecule has 0 aliphatic carbocycles. The molecule has 3 rings (SSSR count). The number of methoxy groups -OCH3 is 1. The predicted octanol–water partition coefficient (Wildman–Crippen LogP) is 3.35.